The Balaban J connectivity index is 2.90. The maximum absolute atomic E-state index is 10.2. The van der Waals surface area contributed by atoms with Crippen LogP contribution in [-0.4, -0.2) is 15.3 Å². The number of phenols is 3. The summed E-state index contributed by atoms with van der Waals surface area (Å²) < 4.78 is 0. The lowest BCUT2D eigenvalue weighted by Crippen LogP contribution is -2.07. The highest BCUT2D eigenvalue weighted by molar-refractivity contribution is 5.57. The second kappa shape index (κ2) is 7.46. The van der Waals surface area contributed by atoms with Gasteiger partial charge >= 0.3 is 0 Å². The Morgan fingerprint density at radius 3 is 1.70 bits per heavy atom. The quantitative estimate of drug-likeness (QED) is 0.602. The monoisotopic (exact) mass is 322 g/mol. The van der Waals surface area contributed by atoms with Gasteiger partial charge in [0.1, 0.15) is 0 Å². The molecule has 0 fully saturated rings. The highest BCUT2D eigenvalue weighted by Crippen LogP contribution is 2.41. The lowest BCUT2D eigenvalue weighted by atomic mass is 9.86. The SMILES string of the molecule is CC(C)(C)CCCc1cc(O)c(O)c(O)c1CCCC(C)(C)C. The first-order chi connectivity index (χ1) is 10.4. The number of benzene rings is 1. The van der Waals surface area contributed by atoms with Crippen LogP contribution < -0.4 is 0 Å². The fourth-order valence-corrected chi connectivity index (χ4v) is 2.84. The van der Waals surface area contributed by atoms with Crippen molar-refractivity contribution in [2.75, 3.05) is 0 Å². The second-order valence-corrected chi connectivity index (χ2v) is 9.06. The lowest BCUT2D eigenvalue weighted by Gasteiger charge is -2.20. The predicted molar refractivity (Wildman–Crippen MR) is 96.2 cm³/mol. The summed E-state index contributed by atoms with van der Waals surface area (Å²) in [7, 11) is 0. The van der Waals surface area contributed by atoms with E-state index in [1.54, 1.807) is 6.07 Å². The molecule has 0 aromatic heterocycles. The van der Waals surface area contributed by atoms with Crippen molar-refractivity contribution in [1.29, 1.82) is 0 Å². The van der Waals surface area contributed by atoms with Crippen molar-refractivity contribution in [2.24, 2.45) is 10.8 Å². The molecule has 0 aliphatic carbocycles. The number of hydrogen-bond acceptors (Lipinski definition) is 3. The Bertz CT molecular complexity index is 519. The average molecular weight is 322 g/mol. The van der Waals surface area contributed by atoms with E-state index in [2.05, 4.69) is 41.5 Å². The van der Waals surface area contributed by atoms with Crippen molar-refractivity contribution in [2.45, 2.75) is 80.1 Å². The minimum absolute atomic E-state index is 0.148. The zero-order valence-corrected chi connectivity index (χ0v) is 15.7. The molecule has 0 bridgehead atoms. The minimum Gasteiger partial charge on any atom is -0.504 e. The number of aryl methyl sites for hydroxylation is 1. The van der Waals surface area contributed by atoms with Crippen molar-refractivity contribution < 1.29 is 15.3 Å². The molecular formula is C20H34O3. The van der Waals surface area contributed by atoms with Gasteiger partial charge in [0.15, 0.2) is 11.5 Å². The molecule has 3 heteroatoms. The Morgan fingerprint density at radius 1 is 0.739 bits per heavy atom. The molecule has 1 rings (SSSR count). The van der Waals surface area contributed by atoms with Gasteiger partial charge in [0.25, 0.3) is 0 Å². The molecule has 0 spiro atoms. The van der Waals surface area contributed by atoms with Gasteiger partial charge in [0.05, 0.1) is 0 Å². The van der Waals surface area contributed by atoms with Crippen LogP contribution in [0.25, 0.3) is 0 Å². The van der Waals surface area contributed by atoms with Gasteiger partial charge in [0.2, 0.25) is 5.75 Å². The third kappa shape index (κ3) is 6.72. The zero-order valence-electron chi connectivity index (χ0n) is 15.7. The van der Waals surface area contributed by atoms with Crippen LogP contribution in [0.15, 0.2) is 6.07 Å². The molecule has 0 saturated heterocycles. The van der Waals surface area contributed by atoms with E-state index < -0.39 is 5.75 Å². The van der Waals surface area contributed by atoms with E-state index >= 15 is 0 Å². The van der Waals surface area contributed by atoms with Gasteiger partial charge in [-0.15, -0.1) is 0 Å². The van der Waals surface area contributed by atoms with Crippen molar-refractivity contribution in [1.82, 2.24) is 0 Å². The standard InChI is InChI=1S/C20H34O3/c1-19(2,3)11-7-9-14-13-16(21)18(23)17(22)15(14)10-8-12-20(4,5)6/h13,21-23H,7-12H2,1-6H3. The van der Waals surface area contributed by atoms with Gasteiger partial charge < -0.3 is 15.3 Å². The molecule has 0 aliphatic heterocycles. The molecule has 0 unspecified atom stereocenters. The predicted octanol–water partition coefficient (Wildman–Crippen LogP) is 5.54. The van der Waals surface area contributed by atoms with E-state index in [9.17, 15) is 15.3 Å². The Kier molecular flexibility index (Phi) is 6.38. The molecule has 3 nitrogen and oxygen atoms in total. The molecule has 0 aliphatic rings. The van der Waals surface area contributed by atoms with Crippen LogP contribution in [-0.2, 0) is 12.8 Å². The number of aromatic hydroxyl groups is 3. The van der Waals surface area contributed by atoms with Crippen LogP contribution >= 0.6 is 0 Å². The summed E-state index contributed by atoms with van der Waals surface area (Å²) in [5, 5.41) is 29.9. The summed E-state index contributed by atoms with van der Waals surface area (Å²) >= 11 is 0. The zero-order chi connectivity index (χ0) is 17.8. The highest BCUT2D eigenvalue weighted by Gasteiger charge is 2.19. The van der Waals surface area contributed by atoms with Gasteiger partial charge in [-0.05, 0) is 61.0 Å². The molecule has 0 heterocycles. The molecule has 0 atom stereocenters. The molecule has 1 aromatic carbocycles. The molecule has 23 heavy (non-hydrogen) atoms. The Hall–Kier alpha value is -1.38. The summed E-state index contributed by atoms with van der Waals surface area (Å²) in [6, 6.07) is 1.62. The second-order valence-electron chi connectivity index (χ2n) is 9.06. The van der Waals surface area contributed by atoms with Gasteiger partial charge in [-0.3, -0.25) is 0 Å². The summed E-state index contributed by atoms with van der Waals surface area (Å²) in [5.74, 6) is -0.771. The fraction of sp³-hybridized carbons (Fsp3) is 0.700. The molecule has 132 valence electrons. The first-order valence-corrected chi connectivity index (χ1v) is 8.66. The van der Waals surface area contributed by atoms with Crippen LogP contribution in [0.1, 0.15) is 78.4 Å². The lowest BCUT2D eigenvalue weighted by molar-refractivity contribution is 0.351. The first-order valence-electron chi connectivity index (χ1n) is 8.66. The van der Waals surface area contributed by atoms with E-state index in [0.29, 0.717) is 0 Å². The normalized spacial score (nSPS) is 12.6. The highest BCUT2D eigenvalue weighted by atomic mass is 16.3. The summed E-state index contributed by atoms with van der Waals surface area (Å²) in [6.45, 7) is 13.2. The van der Waals surface area contributed by atoms with Gasteiger partial charge in [0, 0.05) is 5.56 Å². The topological polar surface area (TPSA) is 60.7 Å². The molecule has 3 N–H and O–H groups in total. The summed E-state index contributed by atoms with van der Waals surface area (Å²) in [6.07, 6.45) is 5.62. The summed E-state index contributed by atoms with van der Waals surface area (Å²) in [4.78, 5) is 0. The maximum Gasteiger partial charge on any atom is 0.200 e. The molecule has 0 saturated carbocycles. The van der Waals surface area contributed by atoms with Crippen LogP contribution in [0.5, 0.6) is 17.2 Å². The van der Waals surface area contributed by atoms with Gasteiger partial charge in [-0.25, -0.2) is 0 Å². The fourth-order valence-electron chi connectivity index (χ4n) is 2.84. The van der Waals surface area contributed by atoms with Crippen molar-refractivity contribution in [3.63, 3.8) is 0 Å². The maximum atomic E-state index is 10.2. The third-order valence-corrected chi connectivity index (χ3v) is 4.18. The van der Waals surface area contributed by atoms with Crippen LogP contribution in [0, 0.1) is 10.8 Å². The van der Waals surface area contributed by atoms with E-state index in [-0.39, 0.29) is 22.3 Å². The van der Waals surface area contributed by atoms with E-state index in [4.69, 9.17) is 0 Å². The van der Waals surface area contributed by atoms with E-state index in [1.165, 1.54) is 0 Å². The van der Waals surface area contributed by atoms with Gasteiger partial charge in [-0.1, -0.05) is 41.5 Å². The number of hydrogen-bond donors (Lipinski definition) is 3. The van der Waals surface area contributed by atoms with E-state index in [0.717, 1.165) is 49.7 Å². The smallest absolute Gasteiger partial charge is 0.200 e. The van der Waals surface area contributed by atoms with Crippen molar-refractivity contribution in [3.8, 4) is 17.2 Å². The molecule has 1 aromatic rings. The van der Waals surface area contributed by atoms with Crippen LogP contribution in [0.4, 0.5) is 0 Å². The molecule has 0 radical (unpaired) electrons. The number of phenolic OH excluding ortho intramolecular Hbond substituents is 3. The summed E-state index contributed by atoms with van der Waals surface area (Å²) in [5.41, 5.74) is 2.27. The Morgan fingerprint density at radius 2 is 1.22 bits per heavy atom. The molecular weight excluding hydrogens is 288 g/mol. The van der Waals surface area contributed by atoms with Crippen molar-refractivity contribution in [3.05, 3.63) is 17.2 Å². The van der Waals surface area contributed by atoms with Crippen LogP contribution in [0.2, 0.25) is 0 Å². The van der Waals surface area contributed by atoms with Gasteiger partial charge in [-0.2, -0.15) is 0 Å². The van der Waals surface area contributed by atoms with Crippen LogP contribution in [0.3, 0.4) is 0 Å². The third-order valence-electron chi connectivity index (χ3n) is 4.18. The Labute approximate surface area is 141 Å². The average Bonchev–Trinajstić information content (AvgIpc) is 2.37. The van der Waals surface area contributed by atoms with E-state index in [1.807, 2.05) is 0 Å². The molecule has 0 amide bonds. The first kappa shape index (κ1) is 19.7. The number of rotatable bonds is 6. The largest absolute Gasteiger partial charge is 0.504 e. The minimum atomic E-state index is -0.393. The van der Waals surface area contributed by atoms with Crippen molar-refractivity contribution >= 4 is 0 Å².